The van der Waals surface area contributed by atoms with Gasteiger partial charge in [-0.05, 0) is 111 Å². The van der Waals surface area contributed by atoms with E-state index >= 15 is 0 Å². The van der Waals surface area contributed by atoms with E-state index in [9.17, 15) is 42.7 Å². The molecule has 56 heavy (non-hydrogen) atoms. The van der Waals surface area contributed by atoms with Crippen LogP contribution >= 0.6 is 22.6 Å². The third-order valence-corrected chi connectivity index (χ3v) is 11.3. The Bertz CT molecular complexity index is 1800. The molecule has 3 aliphatic rings. The molecule has 0 saturated carbocycles. The van der Waals surface area contributed by atoms with Crippen LogP contribution in [0, 0.1) is 21.1 Å². The van der Waals surface area contributed by atoms with Crippen molar-refractivity contribution in [2.75, 3.05) is 25.5 Å². The Morgan fingerprint density at radius 3 is 2.32 bits per heavy atom. The van der Waals surface area contributed by atoms with Gasteiger partial charge in [0.15, 0.2) is 0 Å². The molecule has 3 aliphatic heterocycles. The predicted octanol–water partition coefficient (Wildman–Crippen LogP) is 2.10. The molecular formula is C38H48F2IN7O8. The van der Waals surface area contributed by atoms with E-state index in [0.29, 0.717) is 24.6 Å². The zero-order chi connectivity index (χ0) is 41.0. The van der Waals surface area contributed by atoms with Crippen LogP contribution in [0.4, 0.5) is 19.3 Å². The Hall–Kier alpha value is -4.43. The third-order valence-electron chi connectivity index (χ3n) is 10.5. The number of carbonyl (C=O) groups is 6. The van der Waals surface area contributed by atoms with Crippen LogP contribution in [0.2, 0.25) is 0 Å². The van der Waals surface area contributed by atoms with Crippen molar-refractivity contribution in [1.29, 1.82) is 0 Å². The number of hydrogen-bond acceptors (Lipinski definition) is 9. The lowest BCUT2D eigenvalue weighted by Gasteiger charge is -2.39. The van der Waals surface area contributed by atoms with Gasteiger partial charge in [-0.15, -0.1) is 0 Å². The zero-order valence-corrected chi connectivity index (χ0v) is 33.9. The second-order valence-electron chi connectivity index (χ2n) is 14.8. The average Bonchev–Trinajstić information content (AvgIpc) is 3.79. The van der Waals surface area contributed by atoms with Gasteiger partial charge in [0, 0.05) is 41.9 Å². The van der Waals surface area contributed by atoms with Crippen LogP contribution < -0.4 is 21.3 Å². The number of aliphatic hydroxyl groups excluding tert-OH is 1. The van der Waals surface area contributed by atoms with Gasteiger partial charge in [0.2, 0.25) is 23.6 Å². The van der Waals surface area contributed by atoms with Crippen LogP contribution in [0.15, 0.2) is 42.5 Å². The maximum atomic E-state index is 14.3. The highest BCUT2D eigenvalue weighted by atomic mass is 127. The Kier molecular flexibility index (Phi) is 13.9. The highest BCUT2D eigenvalue weighted by molar-refractivity contribution is 14.1. The van der Waals surface area contributed by atoms with Crippen molar-refractivity contribution in [2.24, 2.45) is 5.92 Å². The zero-order valence-electron chi connectivity index (χ0n) is 31.8. The lowest BCUT2D eigenvalue weighted by molar-refractivity contribution is -0.165. The maximum Gasteiger partial charge on any atom is 0.329 e. The molecule has 15 nitrogen and oxygen atoms in total. The van der Waals surface area contributed by atoms with E-state index in [0.717, 1.165) is 15.7 Å². The molecule has 0 spiro atoms. The number of esters is 1. The highest BCUT2D eigenvalue weighted by Crippen LogP contribution is 2.28. The number of halogens is 3. The normalized spacial score (nSPS) is 28.5. The van der Waals surface area contributed by atoms with E-state index in [-0.39, 0.29) is 37.4 Å². The van der Waals surface area contributed by atoms with E-state index in [1.54, 1.807) is 24.3 Å². The largest absolute Gasteiger partial charge is 0.459 e. The minimum absolute atomic E-state index is 0.0379. The van der Waals surface area contributed by atoms with Gasteiger partial charge in [-0.25, -0.2) is 18.4 Å². The standard InChI is InChI=1S/C38H48F2IN7O8/c1-19-13-30-37(54)56-22(4)31(36(53)47-12-6-7-29(47)35(52)46(5)21(3)32(49)42-20(2)34(51)48(30)18-19)45-33(50)28(16-23-14-24(39)17-25(40)15-23)44-38(55)43-27-10-8-26(41)9-11-27/h8-11,14-15,17,19-22,28-31,36,53H,6-7,12-13,16,18H2,1-5H3,(H,42,49)(H,45,50)(H2,43,44,55)/t19-,20-,21-,22-,28-,29-,30?,31-,36?/m0/s1. The molecule has 6 amide bonds. The minimum atomic E-state index is -1.66. The number of amides is 6. The molecule has 2 aromatic rings. The highest BCUT2D eigenvalue weighted by Gasteiger charge is 2.46. The first kappa shape index (κ1) is 42.7. The molecule has 0 aliphatic carbocycles. The van der Waals surface area contributed by atoms with Crippen molar-refractivity contribution in [3.8, 4) is 0 Å². The molecular weight excluding hydrogens is 847 g/mol. The van der Waals surface area contributed by atoms with Gasteiger partial charge >= 0.3 is 12.0 Å². The molecule has 0 radical (unpaired) electrons. The van der Waals surface area contributed by atoms with Gasteiger partial charge in [0.25, 0.3) is 0 Å². The van der Waals surface area contributed by atoms with E-state index in [2.05, 4.69) is 43.9 Å². The van der Waals surface area contributed by atoms with Gasteiger partial charge in [-0.3, -0.25) is 24.1 Å². The number of hydrogen-bond donors (Lipinski definition) is 5. The summed E-state index contributed by atoms with van der Waals surface area (Å²) in [5.74, 6) is -5.24. The smallest absolute Gasteiger partial charge is 0.329 e. The topological polar surface area (TPSA) is 190 Å². The first-order valence-electron chi connectivity index (χ1n) is 18.5. The Balaban J connectivity index is 1.49. The number of nitrogens with one attached hydrogen (secondary N) is 4. The summed E-state index contributed by atoms with van der Waals surface area (Å²) in [5.41, 5.74) is 0.438. The molecule has 304 valence electrons. The monoisotopic (exact) mass is 895 g/mol. The van der Waals surface area contributed by atoms with Crippen LogP contribution in [0.3, 0.4) is 0 Å². The predicted molar refractivity (Wildman–Crippen MR) is 208 cm³/mol. The number of benzene rings is 2. The molecule has 3 heterocycles. The molecule has 2 aromatic carbocycles. The number of cyclic esters (lactones) is 1. The molecule has 0 bridgehead atoms. The number of anilines is 1. The van der Waals surface area contributed by atoms with E-state index in [1.165, 1.54) is 42.5 Å². The molecule has 0 aromatic heterocycles. The van der Waals surface area contributed by atoms with Crippen LogP contribution in [0.5, 0.6) is 0 Å². The number of ether oxygens (including phenoxy) is 1. The number of likely N-dealkylation sites (N-methyl/N-ethyl adjacent to an activating group) is 1. The lowest BCUT2D eigenvalue weighted by atomic mass is 10.0. The van der Waals surface area contributed by atoms with Crippen molar-refractivity contribution in [3.63, 3.8) is 0 Å². The molecule has 9 atom stereocenters. The van der Waals surface area contributed by atoms with Crippen LogP contribution in [0.25, 0.3) is 0 Å². The first-order valence-corrected chi connectivity index (χ1v) is 19.6. The number of fused-ring (bicyclic) bond motifs is 2. The quantitative estimate of drug-likeness (QED) is 0.214. The molecule has 3 saturated heterocycles. The third kappa shape index (κ3) is 10.1. The molecule has 18 heteroatoms. The van der Waals surface area contributed by atoms with Crippen molar-refractivity contribution >= 4 is 63.9 Å². The summed E-state index contributed by atoms with van der Waals surface area (Å²) in [4.78, 5) is 86.2. The van der Waals surface area contributed by atoms with Gasteiger partial charge in [-0.1, -0.05) is 6.92 Å². The maximum absolute atomic E-state index is 14.3. The summed E-state index contributed by atoms with van der Waals surface area (Å²) in [6.07, 6.45) is -2.31. The van der Waals surface area contributed by atoms with E-state index in [4.69, 9.17) is 4.74 Å². The summed E-state index contributed by atoms with van der Waals surface area (Å²) in [7, 11) is 1.44. The van der Waals surface area contributed by atoms with Crippen LogP contribution in [0.1, 0.15) is 52.5 Å². The summed E-state index contributed by atoms with van der Waals surface area (Å²) in [5, 5.41) is 22.6. The second kappa shape index (κ2) is 18.2. The number of rotatable bonds is 6. The first-order chi connectivity index (χ1) is 26.4. The SMILES string of the molecule is C[C@H]1CC2C(=O)O[C@@H](C)[C@H](NC(=O)[C@H](Cc3cc(F)cc(F)c3)NC(=O)Nc3ccc(I)cc3)C(O)N3CCC[C@H]3C(=O)N(C)[C@@H](C)C(=O)N[C@@H](C)C(=O)N2C1. The molecule has 3 fully saturated rings. The molecule has 5 N–H and O–H groups in total. The number of carbonyl (C=O) groups excluding carboxylic acids is 6. The fraction of sp³-hybridized carbons (Fsp3) is 0.526. The van der Waals surface area contributed by atoms with Crippen LogP contribution in [-0.4, -0.2) is 124 Å². The van der Waals surface area contributed by atoms with Crippen molar-refractivity contribution in [1.82, 2.24) is 30.7 Å². The molecule has 2 unspecified atom stereocenters. The Labute approximate surface area is 337 Å². The van der Waals surface area contributed by atoms with E-state index in [1.807, 2.05) is 6.92 Å². The summed E-state index contributed by atoms with van der Waals surface area (Å²) in [6, 6.07) is 1.72. The van der Waals surface area contributed by atoms with Crippen LogP contribution in [-0.2, 0) is 35.1 Å². The Morgan fingerprint density at radius 2 is 1.66 bits per heavy atom. The summed E-state index contributed by atoms with van der Waals surface area (Å²) < 4.78 is 35.4. The van der Waals surface area contributed by atoms with Gasteiger partial charge in [0.05, 0.1) is 6.04 Å². The fourth-order valence-electron chi connectivity index (χ4n) is 7.40. The fourth-order valence-corrected chi connectivity index (χ4v) is 7.76. The minimum Gasteiger partial charge on any atom is -0.459 e. The summed E-state index contributed by atoms with van der Waals surface area (Å²) >= 11 is 2.10. The van der Waals surface area contributed by atoms with Gasteiger partial charge < -0.3 is 40.9 Å². The second-order valence-corrected chi connectivity index (χ2v) is 16.1. The summed E-state index contributed by atoms with van der Waals surface area (Å²) in [6.45, 7) is 6.71. The lowest BCUT2D eigenvalue weighted by Crippen LogP contribution is -2.63. The average molecular weight is 896 g/mol. The number of urea groups is 1. The van der Waals surface area contributed by atoms with Crippen molar-refractivity contribution in [2.45, 2.75) is 102 Å². The molecule has 5 rings (SSSR count). The van der Waals surface area contributed by atoms with Gasteiger partial charge in [-0.2, -0.15) is 0 Å². The number of nitrogens with zero attached hydrogens (tertiary/aromatic N) is 3. The number of aliphatic hydroxyl groups is 1. The van der Waals surface area contributed by atoms with E-state index < -0.39 is 95.8 Å². The Morgan fingerprint density at radius 1 is 1.00 bits per heavy atom. The van der Waals surface area contributed by atoms with Crippen molar-refractivity contribution in [3.05, 3.63) is 63.2 Å². The van der Waals surface area contributed by atoms with Gasteiger partial charge in [0.1, 0.15) is 54.2 Å². The van der Waals surface area contributed by atoms with Crippen molar-refractivity contribution < 1.29 is 47.4 Å².